The Morgan fingerprint density at radius 2 is 2.19 bits per heavy atom. The summed E-state index contributed by atoms with van der Waals surface area (Å²) in [4.78, 5) is 11.8. The molecule has 0 radical (unpaired) electrons. The van der Waals surface area contributed by atoms with Gasteiger partial charge in [-0.3, -0.25) is 4.79 Å². The monoisotopic (exact) mass is 231 g/mol. The maximum Gasteiger partial charge on any atom is 0.163 e. The van der Waals surface area contributed by atoms with Crippen LogP contribution in [0.1, 0.15) is 22.3 Å². The van der Waals surface area contributed by atoms with Crippen LogP contribution in [0.25, 0.3) is 0 Å². The van der Waals surface area contributed by atoms with Crippen molar-refractivity contribution < 1.29 is 4.79 Å². The van der Waals surface area contributed by atoms with E-state index in [1.165, 1.54) is 5.56 Å². The largest absolute Gasteiger partial charge is 0.399 e. The number of ketones is 1. The Morgan fingerprint density at radius 1 is 1.31 bits per heavy atom. The number of rotatable bonds is 4. The Labute approximate surface area is 98.7 Å². The molecule has 16 heavy (non-hydrogen) atoms. The number of thiophene rings is 1. The molecule has 1 aromatic carbocycles. The number of nitrogen functional groups attached to an aromatic ring is 1. The zero-order valence-electron chi connectivity index (χ0n) is 8.85. The topological polar surface area (TPSA) is 43.1 Å². The van der Waals surface area contributed by atoms with Crippen LogP contribution < -0.4 is 5.73 Å². The van der Waals surface area contributed by atoms with E-state index in [1.54, 1.807) is 23.5 Å². The fraction of sp³-hybridized carbons (Fsp3) is 0.154. The van der Waals surface area contributed by atoms with Crippen LogP contribution in [0.4, 0.5) is 5.69 Å². The van der Waals surface area contributed by atoms with Gasteiger partial charge in [0.2, 0.25) is 0 Å². The number of carbonyl (C=O) groups is 1. The van der Waals surface area contributed by atoms with E-state index in [-0.39, 0.29) is 5.78 Å². The lowest BCUT2D eigenvalue weighted by Gasteiger charge is -2.01. The van der Waals surface area contributed by atoms with Gasteiger partial charge in [-0.25, -0.2) is 0 Å². The van der Waals surface area contributed by atoms with Gasteiger partial charge in [0.25, 0.3) is 0 Å². The van der Waals surface area contributed by atoms with Gasteiger partial charge in [0, 0.05) is 17.7 Å². The second-order valence-corrected chi connectivity index (χ2v) is 4.46. The van der Waals surface area contributed by atoms with Crippen molar-refractivity contribution in [2.45, 2.75) is 12.8 Å². The molecule has 0 amide bonds. The minimum atomic E-state index is 0.151. The lowest BCUT2D eigenvalue weighted by molar-refractivity contribution is 0.0983. The highest BCUT2D eigenvalue weighted by Crippen LogP contribution is 2.13. The quantitative estimate of drug-likeness (QED) is 0.649. The summed E-state index contributed by atoms with van der Waals surface area (Å²) in [7, 11) is 0. The zero-order chi connectivity index (χ0) is 11.4. The van der Waals surface area contributed by atoms with Crippen LogP contribution in [0.5, 0.6) is 0 Å². The summed E-state index contributed by atoms with van der Waals surface area (Å²) in [5, 5.41) is 4.10. The molecule has 82 valence electrons. The van der Waals surface area contributed by atoms with Crippen LogP contribution in [0, 0.1) is 0 Å². The molecule has 1 aromatic heterocycles. The van der Waals surface area contributed by atoms with Crippen molar-refractivity contribution in [1.82, 2.24) is 0 Å². The predicted octanol–water partition coefficient (Wildman–Crippen LogP) is 3.15. The molecular formula is C13H13NOS. The third-order valence-corrected chi connectivity index (χ3v) is 3.16. The first-order chi connectivity index (χ1) is 7.75. The number of anilines is 1. The van der Waals surface area contributed by atoms with Gasteiger partial charge < -0.3 is 5.73 Å². The van der Waals surface area contributed by atoms with Crippen LogP contribution in [0.3, 0.4) is 0 Å². The average molecular weight is 231 g/mol. The van der Waals surface area contributed by atoms with Gasteiger partial charge in [0.15, 0.2) is 5.78 Å². The minimum Gasteiger partial charge on any atom is -0.399 e. The molecule has 0 saturated heterocycles. The third-order valence-electron chi connectivity index (χ3n) is 2.43. The van der Waals surface area contributed by atoms with Gasteiger partial charge in [-0.15, -0.1) is 0 Å². The Morgan fingerprint density at radius 3 is 2.88 bits per heavy atom. The smallest absolute Gasteiger partial charge is 0.163 e. The predicted molar refractivity (Wildman–Crippen MR) is 67.8 cm³/mol. The summed E-state index contributed by atoms with van der Waals surface area (Å²) in [6, 6.07) is 9.20. The van der Waals surface area contributed by atoms with E-state index in [0.717, 1.165) is 6.42 Å². The van der Waals surface area contributed by atoms with Crippen molar-refractivity contribution in [2.24, 2.45) is 0 Å². The van der Waals surface area contributed by atoms with Crippen molar-refractivity contribution in [2.75, 3.05) is 5.73 Å². The summed E-state index contributed by atoms with van der Waals surface area (Å²) < 4.78 is 0. The molecule has 0 aliphatic heterocycles. The average Bonchev–Trinajstić information content (AvgIpc) is 2.78. The molecule has 0 atom stereocenters. The van der Waals surface area contributed by atoms with E-state index in [4.69, 9.17) is 5.73 Å². The highest BCUT2D eigenvalue weighted by Gasteiger charge is 2.06. The van der Waals surface area contributed by atoms with E-state index in [2.05, 4.69) is 11.4 Å². The molecule has 0 saturated carbocycles. The van der Waals surface area contributed by atoms with Crippen LogP contribution >= 0.6 is 11.3 Å². The van der Waals surface area contributed by atoms with Gasteiger partial charge in [0.05, 0.1) is 0 Å². The van der Waals surface area contributed by atoms with Gasteiger partial charge in [-0.05, 0) is 40.9 Å². The standard InChI is InChI=1S/C13H13NOS/c14-12-3-1-2-11(8-12)13(15)5-4-10-6-7-16-9-10/h1-3,6-9H,4-5,14H2. The second kappa shape index (κ2) is 4.94. The molecule has 2 aromatic rings. The Hall–Kier alpha value is -1.61. The van der Waals surface area contributed by atoms with Gasteiger partial charge in [0.1, 0.15) is 0 Å². The molecule has 3 heteroatoms. The first kappa shape index (κ1) is 10.9. The number of nitrogens with two attached hydrogens (primary N) is 1. The highest BCUT2D eigenvalue weighted by molar-refractivity contribution is 7.07. The third kappa shape index (κ3) is 2.70. The fourth-order valence-electron chi connectivity index (χ4n) is 1.55. The molecule has 1 heterocycles. The van der Waals surface area contributed by atoms with Crippen molar-refractivity contribution in [1.29, 1.82) is 0 Å². The summed E-state index contributed by atoms with van der Waals surface area (Å²) in [5.41, 5.74) is 8.20. The second-order valence-electron chi connectivity index (χ2n) is 3.68. The van der Waals surface area contributed by atoms with E-state index in [1.807, 2.05) is 17.5 Å². The van der Waals surface area contributed by atoms with Crippen molar-refractivity contribution in [3.8, 4) is 0 Å². The molecule has 0 spiro atoms. The SMILES string of the molecule is Nc1cccc(C(=O)CCc2ccsc2)c1. The van der Waals surface area contributed by atoms with E-state index in [0.29, 0.717) is 17.7 Å². The summed E-state index contributed by atoms with van der Waals surface area (Å²) in [6.07, 6.45) is 1.34. The fourth-order valence-corrected chi connectivity index (χ4v) is 2.25. The summed E-state index contributed by atoms with van der Waals surface area (Å²) in [5.74, 6) is 0.151. The van der Waals surface area contributed by atoms with Crippen molar-refractivity contribution in [3.63, 3.8) is 0 Å². The number of hydrogen-bond acceptors (Lipinski definition) is 3. The lowest BCUT2D eigenvalue weighted by Crippen LogP contribution is -2.01. The minimum absolute atomic E-state index is 0.151. The maximum absolute atomic E-state index is 11.8. The van der Waals surface area contributed by atoms with Gasteiger partial charge >= 0.3 is 0 Å². The van der Waals surface area contributed by atoms with Gasteiger partial charge in [-0.2, -0.15) is 11.3 Å². The Bertz CT molecular complexity index is 476. The molecule has 0 bridgehead atoms. The van der Waals surface area contributed by atoms with E-state index < -0.39 is 0 Å². The Balaban J connectivity index is 1.98. The number of hydrogen-bond donors (Lipinski definition) is 1. The zero-order valence-corrected chi connectivity index (χ0v) is 9.67. The summed E-state index contributed by atoms with van der Waals surface area (Å²) >= 11 is 1.66. The number of benzene rings is 1. The number of carbonyl (C=O) groups excluding carboxylic acids is 1. The molecule has 2 rings (SSSR count). The molecule has 2 N–H and O–H groups in total. The van der Waals surface area contributed by atoms with E-state index in [9.17, 15) is 4.79 Å². The highest BCUT2D eigenvalue weighted by atomic mass is 32.1. The van der Waals surface area contributed by atoms with Gasteiger partial charge in [-0.1, -0.05) is 12.1 Å². The summed E-state index contributed by atoms with van der Waals surface area (Å²) in [6.45, 7) is 0. The van der Waals surface area contributed by atoms with Crippen LogP contribution in [-0.4, -0.2) is 5.78 Å². The van der Waals surface area contributed by atoms with Crippen LogP contribution in [0.15, 0.2) is 41.1 Å². The molecule has 0 aliphatic carbocycles. The molecular weight excluding hydrogens is 218 g/mol. The van der Waals surface area contributed by atoms with Crippen molar-refractivity contribution >= 4 is 22.8 Å². The Kier molecular flexibility index (Phi) is 3.37. The number of Topliss-reactive ketones (excluding diaryl/α,β-unsaturated/α-hetero) is 1. The molecule has 0 aliphatic rings. The normalized spacial score (nSPS) is 10.2. The van der Waals surface area contributed by atoms with Crippen LogP contribution in [0.2, 0.25) is 0 Å². The van der Waals surface area contributed by atoms with Crippen molar-refractivity contribution in [3.05, 3.63) is 52.2 Å². The lowest BCUT2D eigenvalue weighted by atomic mass is 10.0. The number of aryl methyl sites for hydroxylation is 1. The van der Waals surface area contributed by atoms with E-state index >= 15 is 0 Å². The van der Waals surface area contributed by atoms with Crippen LogP contribution in [-0.2, 0) is 6.42 Å². The first-order valence-electron chi connectivity index (χ1n) is 5.15. The molecule has 0 unspecified atom stereocenters. The first-order valence-corrected chi connectivity index (χ1v) is 6.10. The maximum atomic E-state index is 11.8. The molecule has 0 fully saturated rings. The molecule has 2 nitrogen and oxygen atoms in total.